The minimum atomic E-state index is -1.07. The number of rotatable bonds is 3. The molecule has 0 radical (unpaired) electrons. The molecule has 1 aromatic carbocycles. The molecule has 1 heterocycles. The van der Waals surface area contributed by atoms with E-state index in [0.29, 0.717) is 35.1 Å². The highest BCUT2D eigenvalue weighted by Gasteiger charge is 2.57. The number of hydrogen-bond donors (Lipinski definition) is 0. The standard InChI is InChI=1S/C17H18Cl2O4/c1-2-22-11-4-3-7-17(9-11)15(20)14(16(21)23-17)12-6-5-10(18)8-13(12)19/h5-6,8,11,14H,2-4,7,9H2,1H3. The summed E-state index contributed by atoms with van der Waals surface area (Å²) in [6.07, 6.45) is 2.60. The molecule has 0 bridgehead atoms. The van der Waals surface area contributed by atoms with Gasteiger partial charge < -0.3 is 9.47 Å². The second-order valence-electron chi connectivity index (χ2n) is 6.05. The van der Waals surface area contributed by atoms with Crippen molar-refractivity contribution < 1.29 is 19.1 Å². The van der Waals surface area contributed by atoms with E-state index >= 15 is 0 Å². The van der Waals surface area contributed by atoms with Crippen LogP contribution in [-0.2, 0) is 19.1 Å². The minimum absolute atomic E-state index is 0.0510. The van der Waals surface area contributed by atoms with Crippen molar-refractivity contribution in [2.24, 2.45) is 0 Å². The molecule has 0 aromatic heterocycles. The van der Waals surface area contributed by atoms with E-state index < -0.39 is 17.5 Å². The Hall–Kier alpha value is -1.10. The molecule has 23 heavy (non-hydrogen) atoms. The molecule has 1 saturated heterocycles. The first-order valence-corrected chi connectivity index (χ1v) is 8.56. The molecule has 1 aliphatic heterocycles. The van der Waals surface area contributed by atoms with E-state index in [1.54, 1.807) is 12.1 Å². The van der Waals surface area contributed by atoms with Crippen LogP contribution in [0.25, 0.3) is 0 Å². The zero-order chi connectivity index (χ0) is 16.6. The van der Waals surface area contributed by atoms with Crippen LogP contribution >= 0.6 is 23.2 Å². The first kappa shape index (κ1) is 16.7. The summed E-state index contributed by atoms with van der Waals surface area (Å²) in [5.41, 5.74) is -0.607. The second-order valence-corrected chi connectivity index (χ2v) is 6.90. The summed E-state index contributed by atoms with van der Waals surface area (Å²) in [4.78, 5) is 25.4. The van der Waals surface area contributed by atoms with Gasteiger partial charge in [-0.1, -0.05) is 29.3 Å². The molecule has 6 heteroatoms. The maximum absolute atomic E-state index is 13.0. The lowest BCUT2D eigenvalue weighted by Crippen LogP contribution is -2.44. The van der Waals surface area contributed by atoms with Crippen LogP contribution in [0.4, 0.5) is 0 Å². The number of carbonyl (C=O) groups is 2. The lowest BCUT2D eigenvalue weighted by molar-refractivity contribution is -0.160. The molecule has 1 aromatic rings. The van der Waals surface area contributed by atoms with Gasteiger partial charge in [0.25, 0.3) is 0 Å². The maximum atomic E-state index is 13.0. The van der Waals surface area contributed by atoms with Crippen molar-refractivity contribution in [2.45, 2.75) is 50.2 Å². The summed E-state index contributed by atoms with van der Waals surface area (Å²) in [7, 11) is 0. The lowest BCUT2D eigenvalue weighted by Gasteiger charge is -2.35. The highest BCUT2D eigenvalue weighted by Crippen LogP contribution is 2.45. The molecule has 4 nitrogen and oxygen atoms in total. The molecule has 0 N–H and O–H groups in total. The van der Waals surface area contributed by atoms with Crippen molar-refractivity contribution in [3.05, 3.63) is 33.8 Å². The van der Waals surface area contributed by atoms with Gasteiger partial charge in [-0.15, -0.1) is 0 Å². The Morgan fingerprint density at radius 3 is 2.83 bits per heavy atom. The molecule has 1 aliphatic carbocycles. The van der Waals surface area contributed by atoms with Crippen molar-refractivity contribution in [1.29, 1.82) is 0 Å². The highest BCUT2D eigenvalue weighted by atomic mass is 35.5. The van der Waals surface area contributed by atoms with Gasteiger partial charge >= 0.3 is 5.97 Å². The molecule has 3 atom stereocenters. The minimum Gasteiger partial charge on any atom is -0.450 e. The maximum Gasteiger partial charge on any atom is 0.322 e. The van der Waals surface area contributed by atoms with Crippen molar-refractivity contribution in [3.8, 4) is 0 Å². The summed E-state index contributed by atoms with van der Waals surface area (Å²) in [6.45, 7) is 2.50. The van der Waals surface area contributed by atoms with E-state index in [9.17, 15) is 9.59 Å². The number of Topliss-reactive ketones (excluding diaryl/α,β-unsaturated/α-hetero) is 1. The average Bonchev–Trinajstić information content (AvgIpc) is 2.71. The van der Waals surface area contributed by atoms with Crippen LogP contribution < -0.4 is 0 Å². The van der Waals surface area contributed by atoms with Crippen LogP contribution in [0.2, 0.25) is 10.0 Å². The van der Waals surface area contributed by atoms with Crippen molar-refractivity contribution in [1.82, 2.24) is 0 Å². The van der Waals surface area contributed by atoms with Crippen LogP contribution in [0.15, 0.2) is 18.2 Å². The number of ketones is 1. The number of halogens is 2. The summed E-state index contributed by atoms with van der Waals surface area (Å²) < 4.78 is 11.2. The third kappa shape index (κ3) is 3.00. The summed E-state index contributed by atoms with van der Waals surface area (Å²) in [5.74, 6) is -1.72. The molecule has 2 aliphatic rings. The third-order valence-corrected chi connectivity index (χ3v) is 5.15. The Morgan fingerprint density at radius 2 is 2.13 bits per heavy atom. The van der Waals surface area contributed by atoms with Gasteiger partial charge in [0.15, 0.2) is 11.4 Å². The van der Waals surface area contributed by atoms with Gasteiger partial charge in [0.1, 0.15) is 5.92 Å². The SMILES string of the molecule is CCOC1CCCC2(C1)OC(=O)C(c1ccc(Cl)cc1Cl)C2=O. The lowest BCUT2D eigenvalue weighted by atomic mass is 9.77. The van der Waals surface area contributed by atoms with Gasteiger partial charge in [-0.3, -0.25) is 9.59 Å². The van der Waals surface area contributed by atoms with Crippen LogP contribution in [0, 0.1) is 0 Å². The number of hydrogen-bond acceptors (Lipinski definition) is 4. The molecular weight excluding hydrogens is 339 g/mol. The van der Waals surface area contributed by atoms with Crippen LogP contribution in [0.1, 0.15) is 44.1 Å². The summed E-state index contributed by atoms with van der Waals surface area (Å²) >= 11 is 12.1. The Labute approximate surface area is 145 Å². The first-order valence-electron chi connectivity index (χ1n) is 7.80. The normalized spacial score (nSPS) is 30.7. The zero-order valence-corrected chi connectivity index (χ0v) is 14.3. The van der Waals surface area contributed by atoms with E-state index in [4.69, 9.17) is 32.7 Å². The van der Waals surface area contributed by atoms with Gasteiger partial charge in [0.05, 0.1) is 6.10 Å². The van der Waals surface area contributed by atoms with Crippen LogP contribution in [-0.4, -0.2) is 30.1 Å². The van der Waals surface area contributed by atoms with Gasteiger partial charge in [-0.25, -0.2) is 0 Å². The highest BCUT2D eigenvalue weighted by molar-refractivity contribution is 6.35. The quantitative estimate of drug-likeness (QED) is 0.608. The van der Waals surface area contributed by atoms with E-state index in [-0.39, 0.29) is 11.9 Å². The third-order valence-electron chi connectivity index (χ3n) is 4.58. The fourth-order valence-corrected chi connectivity index (χ4v) is 4.07. The van der Waals surface area contributed by atoms with Crippen molar-refractivity contribution >= 4 is 35.0 Å². The predicted octanol–water partition coefficient (Wildman–Crippen LogP) is 3.92. The van der Waals surface area contributed by atoms with E-state index in [0.717, 1.165) is 12.8 Å². The Bertz CT molecular complexity index is 643. The molecular formula is C17H18Cl2O4. The second kappa shape index (κ2) is 6.42. The molecule has 3 rings (SSSR count). The molecule has 124 valence electrons. The van der Waals surface area contributed by atoms with Gasteiger partial charge in [0, 0.05) is 23.1 Å². The zero-order valence-electron chi connectivity index (χ0n) is 12.8. The number of benzene rings is 1. The fourth-order valence-electron chi connectivity index (χ4n) is 3.56. The van der Waals surface area contributed by atoms with Crippen molar-refractivity contribution in [3.63, 3.8) is 0 Å². The van der Waals surface area contributed by atoms with Gasteiger partial charge in [-0.05, 0) is 43.9 Å². The number of esters is 1. The van der Waals surface area contributed by atoms with Crippen LogP contribution in [0.5, 0.6) is 0 Å². The predicted molar refractivity (Wildman–Crippen MR) is 86.9 cm³/mol. The molecule has 2 fully saturated rings. The van der Waals surface area contributed by atoms with E-state index in [1.165, 1.54) is 6.07 Å². The topological polar surface area (TPSA) is 52.6 Å². The number of carbonyl (C=O) groups excluding carboxylic acids is 2. The number of ether oxygens (including phenoxy) is 2. The largest absolute Gasteiger partial charge is 0.450 e. The molecule has 1 saturated carbocycles. The molecule has 1 spiro atoms. The average molecular weight is 357 g/mol. The van der Waals surface area contributed by atoms with Crippen LogP contribution in [0.3, 0.4) is 0 Å². The fraction of sp³-hybridized carbons (Fsp3) is 0.529. The van der Waals surface area contributed by atoms with Crippen molar-refractivity contribution in [2.75, 3.05) is 6.61 Å². The first-order chi connectivity index (χ1) is 11.0. The molecule has 3 unspecified atom stereocenters. The Balaban J connectivity index is 1.90. The van der Waals surface area contributed by atoms with E-state index in [2.05, 4.69) is 0 Å². The smallest absolute Gasteiger partial charge is 0.322 e. The van der Waals surface area contributed by atoms with Gasteiger partial charge in [0.2, 0.25) is 0 Å². The summed E-state index contributed by atoms with van der Waals surface area (Å²) in [6, 6.07) is 4.78. The van der Waals surface area contributed by atoms with E-state index in [1.807, 2.05) is 6.92 Å². The monoisotopic (exact) mass is 356 g/mol. The Kier molecular flexibility index (Phi) is 4.68. The summed E-state index contributed by atoms with van der Waals surface area (Å²) in [5, 5.41) is 0.767. The Morgan fingerprint density at radius 1 is 1.35 bits per heavy atom. The molecule has 0 amide bonds. The van der Waals surface area contributed by atoms with Gasteiger partial charge in [-0.2, -0.15) is 0 Å².